The number of hydrogen-bond donors (Lipinski definition) is 2. The lowest BCUT2D eigenvalue weighted by Gasteiger charge is -2.34. The molecule has 1 unspecified atom stereocenters. The Kier molecular flexibility index (Phi) is 6.23. The summed E-state index contributed by atoms with van der Waals surface area (Å²) in [5, 5.41) is 12.6. The van der Waals surface area contributed by atoms with Gasteiger partial charge in [-0.05, 0) is 31.9 Å². The standard InChI is InChI=1S/C14H19Cl2N3O2/c15-10-7-12(16)14(17-8-10)18-13(21)9-19-5-2-1-3-11(19)4-6-20/h7-8,11,20H,1-6,9H2,(H,17,18,21). The molecular formula is C14H19Cl2N3O2. The summed E-state index contributed by atoms with van der Waals surface area (Å²) in [5.74, 6) is 0.165. The highest BCUT2D eigenvalue weighted by Gasteiger charge is 2.24. The zero-order chi connectivity index (χ0) is 15.2. The van der Waals surface area contributed by atoms with Crippen LogP contribution in [0.4, 0.5) is 5.82 Å². The van der Waals surface area contributed by atoms with Gasteiger partial charge in [0.15, 0.2) is 5.82 Å². The summed E-state index contributed by atoms with van der Waals surface area (Å²) < 4.78 is 0. The molecular weight excluding hydrogens is 313 g/mol. The Bertz CT molecular complexity index is 497. The van der Waals surface area contributed by atoms with Crippen LogP contribution in [0.2, 0.25) is 10.0 Å². The molecule has 0 aromatic carbocycles. The van der Waals surface area contributed by atoms with E-state index >= 15 is 0 Å². The highest BCUT2D eigenvalue weighted by molar-refractivity contribution is 6.36. The molecule has 1 saturated heterocycles. The third-order valence-corrected chi connectivity index (χ3v) is 4.12. The second-order valence-corrected chi connectivity index (χ2v) is 6.01. The van der Waals surface area contributed by atoms with Crippen molar-refractivity contribution in [3.63, 3.8) is 0 Å². The highest BCUT2D eigenvalue weighted by atomic mass is 35.5. The number of piperidine rings is 1. The molecule has 5 nitrogen and oxygen atoms in total. The van der Waals surface area contributed by atoms with E-state index in [1.807, 2.05) is 0 Å². The summed E-state index contributed by atoms with van der Waals surface area (Å²) in [4.78, 5) is 18.2. The second-order valence-electron chi connectivity index (χ2n) is 5.16. The first-order chi connectivity index (χ1) is 10.1. The Morgan fingerprint density at radius 2 is 2.29 bits per heavy atom. The Hall–Kier alpha value is -0.880. The molecule has 0 saturated carbocycles. The number of anilines is 1. The summed E-state index contributed by atoms with van der Waals surface area (Å²) in [6, 6.07) is 1.81. The van der Waals surface area contributed by atoms with Crippen molar-refractivity contribution in [2.24, 2.45) is 0 Å². The van der Waals surface area contributed by atoms with E-state index in [0.29, 0.717) is 22.3 Å². The van der Waals surface area contributed by atoms with Crippen molar-refractivity contribution in [2.45, 2.75) is 31.7 Å². The molecule has 2 heterocycles. The van der Waals surface area contributed by atoms with Gasteiger partial charge in [0.25, 0.3) is 0 Å². The van der Waals surface area contributed by atoms with E-state index in [-0.39, 0.29) is 25.1 Å². The molecule has 1 fully saturated rings. The van der Waals surface area contributed by atoms with Crippen molar-refractivity contribution in [1.82, 2.24) is 9.88 Å². The van der Waals surface area contributed by atoms with E-state index in [2.05, 4.69) is 15.2 Å². The smallest absolute Gasteiger partial charge is 0.239 e. The van der Waals surface area contributed by atoms with E-state index in [9.17, 15) is 4.79 Å². The molecule has 7 heteroatoms. The summed E-state index contributed by atoms with van der Waals surface area (Å²) in [6.45, 7) is 1.30. The van der Waals surface area contributed by atoms with Crippen LogP contribution in [0, 0.1) is 0 Å². The number of halogens is 2. The molecule has 1 amide bonds. The largest absolute Gasteiger partial charge is 0.396 e. The average Bonchev–Trinajstić information content (AvgIpc) is 2.44. The third kappa shape index (κ3) is 4.81. The number of aromatic nitrogens is 1. The van der Waals surface area contributed by atoms with Crippen LogP contribution >= 0.6 is 23.2 Å². The van der Waals surface area contributed by atoms with Crippen molar-refractivity contribution in [3.05, 3.63) is 22.3 Å². The summed E-state index contributed by atoms with van der Waals surface area (Å²) in [7, 11) is 0. The second kappa shape index (κ2) is 7.94. The van der Waals surface area contributed by atoms with Crippen molar-refractivity contribution in [3.8, 4) is 0 Å². The van der Waals surface area contributed by atoms with Gasteiger partial charge in [-0.1, -0.05) is 29.6 Å². The number of carbonyl (C=O) groups is 1. The molecule has 0 bridgehead atoms. The number of rotatable bonds is 5. The van der Waals surface area contributed by atoms with Crippen LogP contribution in [0.15, 0.2) is 12.3 Å². The molecule has 116 valence electrons. The summed E-state index contributed by atoms with van der Waals surface area (Å²) in [6.07, 6.45) is 5.39. The highest BCUT2D eigenvalue weighted by Crippen LogP contribution is 2.23. The monoisotopic (exact) mass is 331 g/mol. The predicted octanol–water partition coefficient (Wildman–Crippen LogP) is 2.56. The first-order valence-electron chi connectivity index (χ1n) is 7.06. The van der Waals surface area contributed by atoms with Crippen LogP contribution in [0.5, 0.6) is 0 Å². The maximum absolute atomic E-state index is 12.1. The quantitative estimate of drug-likeness (QED) is 0.870. The normalized spacial score (nSPS) is 19.5. The SMILES string of the molecule is O=C(CN1CCCCC1CCO)Nc1ncc(Cl)cc1Cl. The summed E-state index contributed by atoms with van der Waals surface area (Å²) in [5.41, 5.74) is 0. The minimum Gasteiger partial charge on any atom is -0.396 e. The van der Waals surface area contributed by atoms with Gasteiger partial charge >= 0.3 is 0 Å². The van der Waals surface area contributed by atoms with Gasteiger partial charge in [0, 0.05) is 18.8 Å². The van der Waals surface area contributed by atoms with Gasteiger partial charge < -0.3 is 10.4 Å². The zero-order valence-electron chi connectivity index (χ0n) is 11.7. The summed E-state index contributed by atoms with van der Waals surface area (Å²) >= 11 is 11.8. The Morgan fingerprint density at radius 3 is 3.00 bits per heavy atom. The number of amides is 1. The number of pyridine rings is 1. The number of aliphatic hydroxyl groups is 1. The van der Waals surface area contributed by atoms with Crippen LogP contribution in [0.1, 0.15) is 25.7 Å². The molecule has 0 aliphatic carbocycles. The van der Waals surface area contributed by atoms with Crippen molar-refractivity contribution in [2.75, 3.05) is 25.0 Å². The lowest BCUT2D eigenvalue weighted by Crippen LogP contribution is -2.44. The van der Waals surface area contributed by atoms with Crippen molar-refractivity contribution >= 4 is 34.9 Å². The van der Waals surface area contributed by atoms with Crippen LogP contribution in [-0.2, 0) is 4.79 Å². The lowest BCUT2D eigenvalue weighted by atomic mass is 10.00. The van der Waals surface area contributed by atoms with Crippen LogP contribution in [-0.4, -0.2) is 46.6 Å². The van der Waals surface area contributed by atoms with E-state index in [1.165, 1.54) is 6.20 Å². The molecule has 2 rings (SSSR count). The molecule has 1 aliphatic rings. The molecule has 1 aromatic heterocycles. The molecule has 21 heavy (non-hydrogen) atoms. The van der Waals surface area contributed by atoms with Crippen LogP contribution < -0.4 is 5.32 Å². The van der Waals surface area contributed by atoms with Crippen molar-refractivity contribution < 1.29 is 9.90 Å². The van der Waals surface area contributed by atoms with E-state index in [0.717, 1.165) is 25.8 Å². The molecule has 0 spiro atoms. The number of aliphatic hydroxyl groups excluding tert-OH is 1. The molecule has 2 N–H and O–H groups in total. The Labute approximate surface area is 134 Å². The van der Waals surface area contributed by atoms with Gasteiger partial charge in [0.2, 0.25) is 5.91 Å². The minimum atomic E-state index is -0.156. The maximum atomic E-state index is 12.1. The number of carbonyl (C=O) groups excluding carboxylic acids is 1. The first kappa shape index (κ1) is 16.5. The first-order valence-corrected chi connectivity index (χ1v) is 7.81. The number of nitrogens with zero attached hydrogens (tertiary/aromatic N) is 2. The lowest BCUT2D eigenvalue weighted by molar-refractivity contribution is -0.118. The molecule has 1 aromatic rings. The van der Waals surface area contributed by atoms with Gasteiger partial charge in [-0.3, -0.25) is 9.69 Å². The number of likely N-dealkylation sites (tertiary alicyclic amines) is 1. The van der Waals surface area contributed by atoms with E-state index < -0.39 is 0 Å². The van der Waals surface area contributed by atoms with Gasteiger partial charge in [-0.15, -0.1) is 0 Å². The van der Waals surface area contributed by atoms with Gasteiger partial charge in [0.1, 0.15) is 0 Å². The van der Waals surface area contributed by atoms with Crippen molar-refractivity contribution in [1.29, 1.82) is 0 Å². The number of hydrogen-bond acceptors (Lipinski definition) is 4. The van der Waals surface area contributed by atoms with Gasteiger partial charge in [-0.25, -0.2) is 4.98 Å². The topological polar surface area (TPSA) is 65.5 Å². The Morgan fingerprint density at radius 1 is 1.48 bits per heavy atom. The predicted molar refractivity (Wildman–Crippen MR) is 83.8 cm³/mol. The fourth-order valence-corrected chi connectivity index (χ4v) is 3.03. The van der Waals surface area contributed by atoms with Gasteiger partial charge in [-0.2, -0.15) is 0 Å². The van der Waals surface area contributed by atoms with Crippen LogP contribution in [0.25, 0.3) is 0 Å². The Balaban J connectivity index is 1.93. The fraction of sp³-hybridized carbons (Fsp3) is 0.571. The molecule has 1 atom stereocenters. The van der Waals surface area contributed by atoms with Gasteiger partial charge in [0.05, 0.1) is 16.6 Å². The third-order valence-electron chi connectivity index (χ3n) is 3.62. The maximum Gasteiger partial charge on any atom is 0.239 e. The molecule has 1 aliphatic heterocycles. The minimum absolute atomic E-state index is 0.146. The van der Waals surface area contributed by atoms with Crippen LogP contribution in [0.3, 0.4) is 0 Å². The fourth-order valence-electron chi connectivity index (χ4n) is 2.61. The van der Waals surface area contributed by atoms with E-state index in [4.69, 9.17) is 28.3 Å². The van der Waals surface area contributed by atoms with E-state index in [1.54, 1.807) is 6.07 Å². The average molecular weight is 332 g/mol. The zero-order valence-corrected chi connectivity index (χ0v) is 13.2. The molecule has 0 radical (unpaired) electrons. The number of nitrogens with one attached hydrogen (secondary N) is 1.